The number of imide groups is 1. The third-order valence-corrected chi connectivity index (χ3v) is 5.35. The summed E-state index contributed by atoms with van der Waals surface area (Å²) in [6, 6.07) is 15.6. The Kier molecular flexibility index (Phi) is 4.83. The number of aromatic carboxylic acids is 1. The number of carbonyl (C=O) groups is 3. The molecule has 0 aromatic heterocycles. The topological polar surface area (TPSA) is 81.2 Å². The van der Waals surface area contributed by atoms with E-state index in [1.807, 2.05) is 18.2 Å². The third kappa shape index (κ3) is 3.36. The smallest absolute Gasteiger partial charge is 0.335 e. The highest BCUT2D eigenvalue weighted by Gasteiger charge is 2.43. The lowest BCUT2D eigenvalue weighted by Crippen LogP contribution is -2.52. The molecule has 2 fully saturated rings. The van der Waals surface area contributed by atoms with Gasteiger partial charge in [0.1, 0.15) is 0 Å². The van der Waals surface area contributed by atoms with Crippen molar-refractivity contribution in [3.63, 3.8) is 0 Å². The van der Waals surface area contributed by atoms with Crippen LogP contribution in [-0.4, -0.2) is 60.0 Å². The number of hydrogen-bond donors (Lipinski definition) is 1. The molecule has 1 atom stereocenters. The summed E-state index contributed by atoms with van der Waals surface area (Å²) < 4.78 is 0. The normalized spacial score (nSPS) is 20.6. The fourth-order valence-electron chi connectivity index (χ4n) is 3.88. The molecule has 0 saturated carbocycles. The molecule has 2 aromatic rings. The summed E-state index contributed by atoms with van der Waals surface area (Å²) in [5, 5.41) is 9.16. The lowest BCUT2D eigenvalue weighted by atomic mass is 10.1. The van der Waals surface area contributed by atoms with E-state index in [1.165, 1.54) is 12.1 Å². The van der Waals surface area contributed by atoms with E-state index >= 15 is 0 Å². The van der Waals surface area contributed by atoms with E-state index in [-0.39, 0.29) is 23.8 Å². The number of amides is 2. The highest BCUT2D eigenvalue weighted by Crippen LogP contribution is 2.27. The summed E-state index contributed by atoms with van der Waals surface area (Å²) >= 11 is 0. The minimum atomic E-state index is -1.09. The Morgan fingerprint density at radius 3 is 2.25 bits per heavy atom. The quantitative estimate of drug-likeness (QED) is 0.817. The molecule has 0 spiro atoms. The maximum atomic E-state index is 13.0. The largest absolute Gasteiger partial charge is 0.478 e. The molecular weight excluding hydrogens is 358 g/mol. The molecule has 2 amide bonds. The molecule has 7 heteroatoms. The lowest BCUT2D eigenvalue weighted by Gasteiger charge is -2.38. The van der Waals surface area contributed by atoms with Gasteiger partial charge in [0.2, 0.25) is 5.91 Å². The van der Waals surface area contributed by atoms with Gasteiger partial charge >= 0.3 is 5.97 Å². The van der Waals surface area contributed by atoms with Crippen LogP contribution in [0.2, 0.25) is 0 Å². The van der Waals surface area contributed by atoms with E-state index in [0.29, 0.717) is 18.8 Å². The van der Waals surface area contributed by atoms with E-state index in [9.17, 15) is 14.4 Å². The maximum absolute atomic E-state index is 13.0. The third-order valence-electron chi connectivity index (χ3n) is 5.35. The van der Waals surface area contributed by atoms with E-state index < -0.39 is 12.0 Å². The average Bonchev–Trinajstić information content (AvgIpc) is 3.03. The summed E-state index contributed by atoms with van der Waals surface area (Å²) in [5.41, 5.74) is 1.53. The highest BCUT2D eigenvalue weighted by atomic mass is 16.4. The van der Waals surface area contributed by atoms with Crippen molar-refractivity contribution < 1.29 is 19.5 Å². The second kappa shape index (κ2) is 7.44. The van der Waals surface area contributed by atoms with E-state index in [0.717, 1.165) is 23.7 Å². The molecule has 0 radical (unpaired) electrons. The van der Waals surface area contributed by atoms with Gasteiger partial charge in [0.25, 0.3) is 5.91 Å². The first kappa shape index (κ1) is 18.2. The van der Waals surface area contributed by atoms with Gasteiger partial charge in [-0.15, -0.1) is 0 Å². The van der Waals surface area contributed by atoms with Crippen molar-refractivity contribution in [2.24, 2.45) is 0 Å². The standard InChI is InChI=1S/C21H21N3O4/c25-19-14-18(20(26)24(19)17-8-4-5-15(13-17)21(27)28)23-11-9-22(10-12-23)16-6-2-1-3-7-16/h1-8,13,18H,9-12,14H2,(H,27,28)/t18-/m1/s1. The zero-order valence-corrected chi connectivity index (χ0v) is 15.3. The number of carbonyl (C=O) groups excluding carboxylic acids is 2. The number of piperazine rings is 1. The minimum absolute atomic E-state index is 0.0537. The predicted octanol–water partition coefficient (Wildman–Crippen LogP) is 1.84. The second-order valence-corrected chi connectivity index (χ2v) is 7.00. The van der Waals surface area contributed by atoms with Gasteiger partial charge in [-0.1, -0.05) is 24.3 Å². The molecule has 1 N–H and O–H groups in total. The summed E-state index contributed by atoms with van der Waals surface area (Å²) in [7, 11) is 0. The number of anilines is 2. The zero-order valence-electron chi connectivity index (χ0n) is 15.3. The molecule has 144 valence electrons. The van der Waals surface area contributed by atoms with Crippen LogP contribution in [-0.2, 0) is 9.59 Å². The van der Waals surface area contributed by atoms with Crippen molar-refractivity contribution in [1.82, 2.24) is 4.90 Å². The Morgan fingerprint density at radius 1 is 0.893 bits per heavy atom. The number of hydrogen-bond acceptors (Lipinski definition) is 5. The average molecular weight is 379 g/mol. The van der Waals surface area contributed by atoms with Gasteiger partial charge in [-0.05, 0) is 30.3 Å². The van der Waals surface area contributed by atoms with Crippen LogP contribution >= 0.6 is 0 Å². The minimum Gasteiger partial charge on any atom is -0.478 e. The predicted molar refractivity (Wildman–Crippen MR) is 105 cm³/mol. The van der Waals surface area contributed by atoms with Gasteiger partial charge < -0.3 is 10.0 Å². The number of nitrogens with zero attached hydrogens (tertiary/aromatic N) is 3. The van der Waals surface area contributed by atoms with Gasteiger partial charge in [-0.25, -0.2) is 9.69 Å². The first-order chi connectivity index (χ1) is 13.5. The van der Waals surface area contributed by atoms with Crippen molar-refractivity contribution >= 4 is 29.2 Å². The van der Waals surface area contributed by atoms with Crippen LogP contribution in [0.1, 0.15) is 16.8 Å². The highest BCUT2D eigenvalue weighted by molar-refractivity contribution is 6.22. The summed E-state index contributed by atoms with van der Waals surface area (Å²) in [4.78, 5) is 42.1. The molecule has 0 bridgehead atoms. The monoisotopic (exact) mass is 379 g/mol. The molecule has 2 aliphatic rings. The van der Waals surface area contributed by atoms with E-state index in [1.54, 1.807) is 12.1 Å². The van der Waals surface area contributed by atoms with Crippen molar-refractivity contribution in [3.8, 4) is 0 Å². The summed E-state index contributed by atoms with van der Waals surface area (Å²) in [6.45, 7) is 2.97. The van der Waals surface area contributed by atoms with Gasteiger partial charge in [0.15, 0.2) is 0 Å². The number of carboxylic acid groups (broad SMARTS) is 1. The number of carboxylic acids is 1. The first-order valence-electron chi connectivity index (χ1n) is 9.29. The Balaban J connectivity index is 1.46. The summed E-state index contributed by atoms with van der Waals surface area (Å²) in [6.07, 6.45) is 0.126. The van der Waals surface area contributed by atoms with Crippen LogP contribution in [0, 0.1) is 0 Å². The Hall–Kier alpha value is -3.19. The molecule has 2 heterocycles. The van der Waals surface area contributed by atoms with E-state index in [2.05, 4.69) is 21.9 Å². The molecule has 4 rings (SSSR count). The van der Waals surface area contributed by atoms with Crippen LogP contribution in [0.25, 0.3) is 0 Å². The molecular formula is C21H21N3O4. The van der Waals surface area contributed by atoms with Crippen molar-refractivity contribution in [3.05, 3.63) is 60.2 Å². The van der Waals surface area contributed by atoms with Gasteiger partial charge in [0, 0.05) is 31.9 Å². The Morgan fingerprint density at radius 2 is 1.57 bits per heavy atom. The molecule has 2 saturated heterocycles. The fourth-order valence-corrected chi connectivity index (χ4v) is 3.88. The molecule has 28 heavy (non-hydrogen) atoms. The van der Waals surface area contributed by atoms with Gasteiger partial charge in [-0.3, -0.25) is 14.5 Å². The van der Waals surface area contributed by atoms with Crippen LogP contribution < -0.4 is 9.80 Å². The molecule has 0 unspecified atom stereocenters. The fraction of sp³-hybridized carbons (Fsp3) is 0.286. The van der Waals surface area contributed by atoms with E-state index in [4.69, 9.17) is 5.11 Å². The maximum Gasteiger partial charge on any atom is 0.335 e. The van der Waals surface area contributed by atoms with Crippen LogP contribution in [0.15, 0.2) is 54.6 Å². The second-order valence-electron chi connectivity index (χ2n) is 7.00. The molecule has 2 aromatic carbocycles. The Labute approximate surface area is 162 Å². The van der Waals surface area contributed by atoms with Crippen LogP contribution in [0.4, 0.5) is 11.4 Å². The molecule has 2 aliphatic heterocycles. The van der Waals surface area contributed by atoms with Crippen molar-refractivity contribution in [2.75, 3.05) is 36.0 Å². The Bertz CT molecular complexity index is 907. The van der Waals surface area contributed by atoms with Crippen LogP contribution in [0.5, 0.6) is 0 Å². The van der Waals surface area contributed by atoms with Crippen molar-refractivity contribution in [1.29, 1.82) is 0 Å². The lowest BCUT2D eigenvalue weighted by molar-refractivity contribution is -0.123. The molecule has 0 aliphatic carbocycles. The first-order valence-corrected chi connectivity index (χ1v) is 9.29. The zero-order chi connectivity index (χ0) is 19.7. The summed E-state index contributed by atoms with van der Waals surface area (Å²) in [5.74, 6) is -1.65. The van der Waals surface area contributed by atoms with Gasteiger partial charge in [0.05, 0.1) is 23.7 Å². The number of benzene rings is 2. The number of para-hydroxylation sites is 1. The number of rotatable bonds is 4. The van der Waals surface area contributed by atoms with Gasteiger partial charge in [-0.2, -0.15) is 0 Å². The van der Waals surface area contributed by atoms with Crippen LogP contribution in [0.3, 0.4) is 0 Å². The SMILES string of the molecule is O=C(O)c1cccc(N2C(=O)C[C@@H](N3CCN(c4ccccc4)CC3)C2=O)c1. The molecule has 7 nitrogen and oxygen atoms in total. The van der Waals surface area contributed by atoms with Crippen molar-refractivity contribution in [2.45, 2.75) is 12.5 Å².